The molecule has 0 bridgehead atoms. The van der Waals surface area contributed by atoms with E-state index in [2.05, 4.69) is 0 Å². The van der Waals surface area contributed by atoms with E-state index in [0.29, 0.717) is 0 Å². The third-order valence-corrected chi connectivity index (χ3v) is 5.27. The quantitative estimate of drug-likeness (QED) is 0.611. The molecule has 2 fully saturated rings. The number of hydrogen-bond acceptors (Lipinski definition) is 4. The summed E-state index contributed by atoms with van der Waals surface area (Å²) in [6, 6.07) is -0.245. The highest BCUT2D eigenvalue weighted by Crippen LogP contribution is 2.22. The molecule has 0 radical (unpaired) electrons. The number of rotatable bonds is 2. The molecule has 6 heteroatoms. The molecule has 2 saturated carbocycles. The fourth-order valence-electron chi connectivity index (χ4n) is 3.64. The molecule has 0 aromatic carbocycles. The highest BCUT2D eigenvalue weighted by Gasteiger charge is 2.26. The van der Waals surface area contributed by atoms with Crippen molar-refractivity contribution in [1.29, 1.82) is 0 Å². The lowest BCUT2D eigenvalue weighted by Crippen LogP contribution is -2.36. The topological polar surface area (TPSA) is 127 Å². The lowest BCUT2D eigenvalue weighted by atomic mass is 9.87. The molecule has 2 aliphatic rings. The number of aliphatic carboxylic acids is 2. The molecule has 0 saturated heterocycles. The smallest absolute Gasteiger partial charge is 0.308 e. The molecular weight excluding hydrogens is 308 g/mol. The van der Waals surface area contributed by atoms with Crippen LogP contribution in [0.1, 0.15) is 77.0 Å². The lowest BCUT2D eigenvalue weighted by molar-refractivity contribution is -0.144. The molecule has 0 aromatic rings. The van der Waals surface area contributed by atoms with Gasteiger partial charge in [-0.3, -0.25) is 9.59 Å². The fourth-order valence-corrected chi connectivity index (χ4v) is 3.64. The second-order valence-electron chi connectivity index (χ2n) is 7.20. The number of carboxylic acids is 2. The van der Waals surface area contributed by atoms with Crippen LogP contribution < -0.4 is 11.5 Å². The van der Waals surface area contributed by atoms with Gasteiger partial charge < -0.3 is 21.7 Å². The van der Waals surface area contributed by atoms with Gasteiger partial charge in [0.1, 0.15) is 0 Å². The van der Waals surface area contributed by atoms with Crippen LogP contribution in [0.4, 0.5) is 0 Å². The van der Waals surface area contributed by atoms with Gasteiger partial charge in [-0.15, -0.1) is 0 Å². The van der Waals surface area contributed by atoms with Crippen LogP contribution in [0.25, 0.3) is 0 Å². The molecule has 2 rings (SSSR count). The van der Waals surface area contributed by atoms with Crippen molar-refractivity contribution in [1.82, 2.24) is 0 Å². The monoisotopic (exact) mass is 342 g/mol. The van der Waals surface area contributed by atoms with Crippen molar-refractivity contribution in [2.45, 2.75) is 89.1 Å². The summed E-state index contributed by atoms with van der Waals surface area (Å²) >= 11 is 0. The average molecular weight is 342 g/mol. The van der Waals surface area contributed by atoms with E-state index in [1.165, 1.54) is 12.8 Å². The third kappa shape index (κ3) is 7.62. The Morgan fingerprint density at radius 3 is 1.17 bits per heavy atom. The highest BCUT2D eigenvalue weighted by atomic mass is 16.4. The number of hydrogen-bond donors (Lipinski definition) is 4. The zero-order valence-electron chi connectivity index (χ0n) is 14.7. The van der Waals surface area contributed by atoms with Crippen LogP contribution in [0.2, 0.25) is 0 Å². The minimum absolute atomic E-state index is 0.122. The van der Waals surface area contributed by atoms with Crippen LogP contribution in [0.3, 0.4) is 0 Å². The molecule has 0 spiro atoms. The van der Waals surface area contributed by atoms with Crippen molar-refractivity contribution < 1.29 is 19.8 Å². The Morgan fingerprint density at radius 1 is 0.583 bits per heavy atom. The Bertz CT molecular complexity index is 353. The average Bonchev–Trinajstić information content (AvgIpc) is 2.47. The molecule has 0 amide bonds. The maximum absolute atomic E-state index is 10.7. The van der Waals surface area contributed by atoms with Crippen LogP contribution in [-0.4, -0.2) is 34.2 Å². The van der Waals surface area contributed by atoms with Crippen LogP contribution in [-0.2, 0) is 9.59 Å². The van der Waals surface area contributed by atoms with E-state index in [4.69, 9.17) is 21.7 Å². The zero-order valence-corrected chi connectivity index (χ0v) is 14.7. The summed E-state index contributed by atoms with van der Waals surface area (Å²) in [6.45, 7) is 0. The first-order valence-corrected chi connectivity index (χ1v) is 9.40. The van der Waals surface area contributed by atoms with Crippen molar-refractivity contribution in [2.75, 3.05) is 0 Å². The number of nitrogens with two attached hydrogens (primary N) is 2. The largest absolute Gasteiger partial charge is 0.481 e. The summed E-state index contributed by atoms with van der Waals surface area (Å²) in [5.74, 6) is -2.04. The highest BCUT2D eigenvalue weighted by molar-refractivity contribution is 5.71. The van der Waals surface area contributed by atoms with Crippen molar-refractivity contribution in [2.24, 2.45) is 23.3 Å². The Balaban J connectivity index is 0.000000240. The SMILES string of the molecule is N[C@@H]1CCCCCC[C@@H]1C(=O)O.N[C@H]1CCCCCC[C@H]1C(=O)O. The van der Waals surface area contributed by atoms with E-state index < -0.39 is 11.9 Å². The van der Waals surface area contributed by atoms with Gasteiger partial charge in [0.05, 0.1) is 11.8 Å². The first-order chi connectivity index (χ1) is 11.4. The summed E-state index contributed by atoms with van der Waals surface area (Å²) in [7, 11) is 0. The number of carbonyl (C=O) groups is 2. The van der Waals surface area contributed by atoms with Gasteiger partial charge in [0.2, 0.25) is 0 Å². The van der Waals surface area contributed by atoms with Gasteiger partial charge in [0.15, 0.2) is 0 Å². The summed E-state index contributed by atoms with van der Waals surface area (Å²) < 4.78 is 0. The summed E-state index contributed by atoms with van der Waals surface area (Å²) in [6.07, 6.45) is 12.2. The van der Waals surface area contributed by atoms with E-state index in [9.17, 15) is 9.59 Å². The molecule has 24 heavy (non-hydrogen) atoms. The maximum Gasteiger partial charge on any atom is 0.308 e. The molecule has 2 aliphatic carbocycles. The minimum atomic E-state index is -0.718. The normalized spacial score (nSPS) is 32.1. The summed E-state index contributed by atoms with van der Waals surface area (Å²) in [5, 5.41) is 17.7. The number of carboxylic acid groups (broad SMARTS) is 2. The van der Waals surface area contributed by atoms with Gasteiger partial charge >= 0.3 is 11.9 Å². The van der Waals surface area contributed by atoms with Crippen LogP contribution in [0.5, 0.6) is 0 Å². The second-order valence-corrected chi connectivity index (χ2v) is 7.20. The fraction of sp³-hybridized carbons (Fsp3) is 0.889. The molecule has 4 atom stereocenters. The van der Waals surface area contributed by atoms with Crippen LogP contribution in [0, 0.1) is 11.8 Å². The van der Waals surface area contributed by atoms with Crippen molar-refractivity contribution in [3.05, 3.63) is 0 Å². The van der Waals surface area contributed by atoms with E-state index in [1.54, 1.807) is 0 Å². The molecule has 0 unspecified atom stereocenters. The van der Waals surface area contributed by atoms with Crippen LogP contribution >= 0.6 is 0 Å². The molecular formula is C18H34N2O4. The molecule has 6 N–H and O–H groups in total. The predicted molar refractivity (Wildman–Crippen MR) is 93.6 cm³/mol. The molecule has 0 aliphatic heterocycles. The maximum atomic E-state index is 10.7. The van der Waals surface area contributed by atoms with Crippen molar-refractivity contribution in [3.8, 4) is 0 Å². The predicted octanol–water partition coefficient (Wildman–Crippen LogP) is 2.74. The van der Waals surface area contributed by atoms with E-state index in [0.717, 1.165) is 64.2 Å². The Labute approximate surface area is 145 Å². The zero-order chi connectivity index (χ0) is 17.9. The first kappa shape index (κ1) is 20.9. The standard InChI is InChI=1S/2C9H17NO2/c2*10-8-6-4-2-1-3-5-7(8)9(11)12/h2*7-8H,1-6,10H2,(H,11,12)/t2*7-,8+/m10/s1. The van der Waals surface area contributed by atoms with E-state index in [-0.39, 0.29) is 23.9 Å². The molecule has 0 heterocycles. The molecule has 6 nitrogen and oxygen atoms in total. The summed E-state index contributed by atoms with van der Waals surface area (Å²) in [5.41, 5.74) is 11.5. The van der Waals surface area contributed by atoms with Crippen LogP contribution in [0.15, 0.2) is 0 Å². The van der Waals surface area contributed by atoms with Gasteiger partial charge in [0, 0.05) is 12.1 Å². The minimum Gasteiger partial charge on any atom is -0.481 e. The van der Waals surface area contributed by atoms with Gasteiger partial charge in [-0.25, -0.2) is 0 Å². The first-order valence-electron chi connectivity index (χ1n) is 9.40. The Morgan fingerprint density at radius 2 is 0.875 bits per heavy atom. The van der Waals surface area contributed by atoms with Gasteiger partial charge in [-0.1, -0.05) is 51.4 Å². The molecule has 0 aromatic heterocycles. The van der Waals surface area contributed by atoms with Gasteiger partial charge in [-0.2, -0.15) is 0 Å². The van der Waals surface area contributed by atoms with E-state index >= 15 is 0 Å². The lowest BCUT2D eigenvalue weighted by Gasteiger charge is -2.22. The Kier molecular flexibility index (Phi) is 9.95. The molecule has 140 valence electrons. The van der Waals surface area contributed by atoms with Gasteiger partial charge in [0.25, 0.3) is 0 Å². The second kappa shape index (κ2) is 11.4. The van der Waals surface area contributed by atoms with Crippen molar-refractivity contribution in [3.63, 3.8) is 0 Å². The third-order valence-electron chi connectivity index (χ3n) is 5.27. The summed E-state index contributed by atoms with van der Waals surface area (Å²) in [4.78, 5) is 21.5. The Hall–Kier alpha value is -1.14. The van der Waals surface area contributed by atoms with Crippen molar-refractivity contribution >= 4 is 11.9 Å². The van der Waals surface area contributed by atoms with Gasteiger partial charge in [-0.05, 0) is 25.7 Å². The van der Waals surface area contributed by atoms with E-state index in [1.807, 2.05) is 0 Å².